The minimum absolute atomic E-state index is 0.00462. The molecule has 33 heavy (non-hydrogen) atoms. The predicted octanol–water partition coefficient (Wildman–Crippen LogP) is 2.62. The Labute approximate surface area is 205 Å². The number of likely N-dealkylation sites (tertiary alicyclic amines) is 2. The zero-order valence-corrected chi connectivity index (χ0v) is 21.6. The van der Waals surface area contributed by atoms with Crippen molar-refractivity contribution in [1.29, 1.82) is 0 Å². The molecule has 11 heteroatoms. The average Bonchev–Trinajstić information content (AvgIpc) is 3.42. The molecule has 3 heterocycles. The van der Waals surface area contributed by atoms with Gasteiger partial charge in [0.15, 0.2) is 0 Å². The quantitative estimate of drug-likeness (QED) is 0.516. The van der Waals surface area contributed by atoms with Crippen LogP contribution < -0.4 is 4.72 Å². The van der Waals surface area contributed by atoms with Crippen molar-refractivity contribution in [1.82, 2.24) is 19.4 Å². The highest BCUT2D eigenvalue weighted by Gasteiger charge is 2.35. The predicted molar refractivity (Wildman–Crippen MR) is 133 cm³/mol. The summed E-state index contributed by atoms with van der Waals surface area (Å²) in [6, 6.07) is 2.73. The first-order chi connectivity index (χ1) is 15.7. The van der Waals surface area contributed by atoms with Gasteiger partial charge in [-0.25, -0.2) is 8.42 Å². The van der Waals surface area contributed by atoms with E-state index in [1.54, 1.807) is 12.1 Å². The van der Waals surface area contributed by atoms with Crippen LogP contribution in [0.25, 0.3) is 6.08 Å². The first-order valence-electron chi connectivity index (χ1n) is 11.5. The van der Waals surface area contributed by atoms with E-state index in [1.165, 1.54) is 22.3 Å². The van der Waals surface area contributed by atoms with Crippen molar-refractivity contribution in [3.63, 3.8) is 0 Å². The lowest BCUT2D eigenvalue weighted by molar-refractivity contribution is -0.143. The van der Waals surface area contributed by atoms with Gasteiger partial charge >= 0.3 is 0 Å². The van der Waals surface area contributed by atoms with E-state index in [-0.39, 0.29) is 24.4 Å². The first kappa shape index (κ1) is 26.2. The lowest BCUT2D eigenvalue weighted by Crippen LogP contribution is -2.55. The molecule has 0 aromatic carbocycles. The highest BCUT2D eigenvalue weighted by atomic mass is 35.5. The number of rotatable bonds is 10. The second kappa shape index (κ2) is 11.8. The number of carbonyl (C=O) groups excluding carboxylic acids is 2. The molecule has 1 aromatic rings. The van der Waals surface area contributed by atoms with Crippen molar-refractivity contribution in [2.45, 2.75) is 51.6 Å². The number of nitrogens with zero attached hydrogens (tertiary/aromatic N) is 3. The minimum Gasteiger partial charge on any atom is -0.337 e. The molecule has 0 radical (unpaired) electrons. The fourth-order valence-electron chi connectivity index (χ4n) is 4.41. The molecule has 3 rings (SSSR count). The van der Waals surface area contributed by atoms with E-state index >= 15 is 0 Å². The van der Waals surface area contributed by atoms with Crippen molar-refractivity contribution in [3.05, 3.63) is 26.8 Å². The third kappa shape index (κ3) is 7.26. The van der Waals surface area contributed by atoms with Gasteiger partial charge in [0.1, 0.15) is 6.04 Å². The summed E-state index contributed by atoms with van der Waals surface area (Å²) in [7, 11) is -3.81. The van der Waals surface area contributed by atoms with Gasteiger partial charge in [0.25, 0.3) is 0 Å². The number of carbonyl (C=O) groups is 2. The van der Waals surface area contributed by atoms with Crippen LogP contribution in [0.15, 0.2) is 17.5 Å². The number of hydrogen-bond donors (Lipinski definition) is 1. The molecular weight excluding hydrogens is 484 g/mol. The van der Waals surface area contributed by atoms with E-state index in [0.717, 1.165) is 37.9 Å². The Balaban J connectivity index is 1.58. The Bertz CT molecular complexity index is 961. The van der Waals surface area contributed by atoms with Crippen LogP contribution in [0.2, 0.25) is 4.34 Å². The zero-order chi connectivity index (χ0) is 24.0. The van der Waals surface area contributed by atoms with Crippen LogP contribution >= 0.6 is 22.9 Å². The molecule has 1 N–H and O–H groups in total. The summed E-state index contributed by atoms with van der Waals surface area (Å²) in [6.07, 6.45) is 4.45. The molecule has 2 aliphatic rings. The zero-order valence-electron chi connectivity index (χ0n) is 19.2. The number of likely N-dealkylation sites (N-methyl/N-ethyl adjacent to an activating group) is 1. The van der Waals surface area contributed by atoms with Crippen molar-refractivity contribution in [2.75, 3.05) is 39.3 Å². The topological polar surface area (TPSA) is 90.0 Å². The molecule has 2 amide bonds. The maximum atomic E-state index is 13.0. The highest BCUT2D eigenvalue weighted by molar-refractivity contribution is 7.92. The lowest BCUT2D eigenvalue weighted by Gasteiger charge is -2.35. The molecule has 0 saturated carbocycles. The molecule has 2 fully saturated rings. The van der Waals surface area contributed by atoms with E-state index in [0.29, 0.717) is 35.1 Å². The first-order valence-corrected chi connectivity index (χ1v) is 14.2. The molecule has 0 aliphatic carbocycles. The van der Waals surface area contributed by atoms with Crippen LogP contribution in [0, 0.1) is 0 Å². The van der Waals surface area contributed by atoms with Crippen LogP contribution in [0.5, 0.6) is 0 Å². The van der Waals surface area contributed by atoms with Crippen molar-refractivity contribution < 1.29 is 18.0 Å². The summed E-state index contributed by atoms with van der Waals surface area (Å²) in [5, 5.41) is 1.05. The third-order valence-corrected chi connectivity index (χ3v) is 8.53. The monoisotopic (exact) mass is 516 g/mol. The number of nitrogens with one attached hydrogen (secondary N) is 1. The largest absolute Gasteiger partial charge is 0.337 e. The van der Waals surface area contributed by atoms with Crippen LogP contribution in [-0.4, -0.2) is 86.3 Å². The van der Waals surface area contributed by atoms with Gasteiger partial charge in [0, 0.05) is 36.0 Å². The van der Waals surface area contributed by atoms with E-state index in [4.69, 9.17) is 11.6 Å². The summed E-state index contributed by atoms with van der Waals surface area (Å²) in [5.41, 5.74) is 0. The Hall–Kier alpha value is -1.46. The second-order valence-electron chi connectivity index (χ2n) is 8.43. The number of piperidine rings is 1. The Kier molecular flexibility index (Phi) is 9.34. The maximum Gasteiger partial charge on any atom is 0.242 e. The highest BCUT2D eigenvalue weighted by Crippen LogP contribution is 2.23. The van der Waals surface area contributed by atoms with Crippen molar-refractivity contribution in [2.24, 2.45) is 0 Å². The third-order valence-electron chi connectivity index (χ3n) is 6.23. The Morgan fingerprint density at radius 2 is 1.97 bits per heavy atom. The van der Waals surface area contributed by atoms with Crippen molar-refractivity contribution in [3.8, 4) is 0 Å². The van der Waals surface area contributed by atoms with Gasteiger partial charge < -0.3 is 14.7 Å². The second-order valence-corrected chi connectivity index (χ2v) is 11.8. The smallest absolute Gasteiger partial charge is 0.242 e. The molecular formula is C22H33ClN4O4S2. The van der Waals surface area contributed by atoms with E-state index in [2.05, 4.69) is 23.5 Å². The van der Waals surface area contributed by atoms with Gasteiger partial charge in [-0.3, -0.25) is 9.59 Å². The summed E-state index contributed by atoms with van der Waals surface area (Å²) in [6.45, 7) is 8.12. The molecule has 184 valence electrons. The van der Waals surface area contributed by atoms with Crippen LogP contribution in [-0.2, 0) is 19.6 Å². The minimum atomic E-state index is -3.81. The van der Waals surface area contributed by atoms with E-state index in [1.807, 2.05) is 4.90 Å². The van der Waals surface area contributed by atoms with Gasteiger partial charge in [0.2, 0.25) is 21.8 Å². The number of thiophene rings is 1. The maximum absolute atomic E-state index is 13.0. The standard InChI is InChI=1S/C22H33ClN4O4S2/c1-3-25(4-2)15-17-7-5-13-27(17)21(28)16-26-12-6-8-19(22(26)29)24-33(30,31)14-11-18-9-10-20(23)32-18/h9-11,14,17,19,24H,3-8,12-13,15-16H2,1-2H3/b14-11+. The van der Waals surface area contributed by atoms with Crippen LogP contribution in [0.3, 0.4) is 0 Å². The fourth-order valence-corrected chi connectivity index (χ4v) is 6.48. The van der Waals surface area contributed by atoms with Crippen molar-refractivity contribution >= 4 is 50.9 Å². The summed E-state index contributed by atoms with van der Waals surface area (Å²) < 4.78 is 28.0. The molecule has 0 spiro atoms. The molecule has 1 aromatic heterocycles. The van der Waals surface area contributed by atoms with Crippen LogP contribution in [0.1, 0.15) is 44.4 Å². The lowest BCUT2D eigenvalue weighted by atomic mass is 10.1. The summed E-state index contributed by atoms with van der Waals surface area (Å²) >= 11 is 7.14. The number of sulfonamides is 1. The van der Waals surface area contributed by atoms with Gasteiger partial charge in [0.05, 0.1) is 10.9 Å². The molecule has 8 nitrogen and oxygen atoms in total. The molecule has 2 aliphatic heterocycles. The van der Waals surface area contributed by atoms with Gasteiger partial charge in [-0.2, -0.15) is 4.72 Å². The Morgan fingerprint density at radius 1 is 1.24 bits per heavy atom. The van der Waals surface area contributed by atoms with Gasteiger partial charge in [-0.1, -0.05) is 25.4 Å². The van der Waals surface area contributed by atoms with Gasteiger partial charge in [-0.15, -0.1) is 11.3 Å². The fraction of sp³-hybridized carbons (Fsp3) is 0.636. The molecule has 2 atom stereocenters. The normalized spacial score (nSPS) is 22.1. The van der Waals surface area contributed by atoms with Gasteiger partial charge in [-0.05, 0) is 57.0 Å². The molecule has 2 saturated heterocycles. The SMILES string of the molecule is CCN(CC)CC1CCCN1C(=O)CN1CCCC(NS(=O)(=O)/C=C/c2ccc(Cl)s2)C1=O. The van der Waals surface area contributed by atoms with Crippen LogP contribution in [0.4, 0.5) is 0 Å². The number of hydrogen-bond acceptors (Lipinski definition) is 6. The average molecular weight is 517 g/mol. The molecule has 0 bridgehead atoms. The molecule has 2 unspecified atom stereocenters. The Morgan fingerprint density at radius 3 is 2.64 bits per heavy atom. The number of amides is 2. The summed E-state index contributed by atoms with van der Waals surface area (Å²) in [4.78, 5) is 32.4. The van der Waals surface area contributed by atoms with E-state index in [9.17, 15) is 18.0 Å². The number of halogens is 1. The summed E-state index contributed by atoms with van der Waals surface area (Å²) in [5.74, 6) is -0.402. The van der Waals surface area contributed by atoms with E-state index < -0.39 is 16.1 Å².